The fraction of sp³-hybridized carbons (Fsp3) is 0.545. The zero-order chi connectivity index (χ0) is 14.4. The first-order valence-electron chi connectivity index (χ1n) is 5.73. The summed E-state index contributed by atoms with van der Waals surface area (Å²) >= 11 is 5.61. The number of sulfonamides is 1. The zero-order valence-corrected chi connectivity index (χ0v) is 12.0. The Bertz CT molecular complexity index is 653. The average Bonchev–Trinajstić information content (AvgIpc) is 2.32. The highest BCUT2D eigenvalue weighted by Crippen LogP contribution is 2.41. The molecule has 2 rings (SSSR count). The normalized spacial score (nSPS) is 25.9. The summed E-state index contributed by atoms with van der Waals surface area (Å²) in [4.78, 5) is 13.3. The van der Waals surface area contributed by atoms with Crippen molar-refractivity contribution in [1.82, 2.24) is 9.71 Å². The van der Waals surface area contributed by atoms with Gasteiger partial charge in [0.25, 0.3) is 5.56 Å². The van der Waals surface area contributed by atoms with Gasteiger partial charge in [0.2, 0.25) is 10.0 Å². The SMILES string of the molecule is CC1(C)C(O)CC1NS(=O)(=O)c1c[nH]c(=O)c(Cl)c1. The number of hydrogen-bond acceptors (Lipinski definition) is 4. The first-order valence-corrected chi connectivity index (χ1v) is 7.59. The maximum atomic E-state index is 12.1. The highest BCUT2D eigenvalue weighted by Gasteiger charge is 2.48. The summed E-state index contributed by atoms with van der Waals surface area (Å²) in [7, 11) is -3.77. The lowest BCUT2D eigenvalue weighted by atomic mass is 9.65. The van der Waals surface area contributed by atoms with Gasteiger partial charge < -0.3 is 10.1 Å². The quantitative estimate of drug-likeness (QED) is 0.755. The van der Waals surface area contributed by atoms with Gasteiger partial charge in [-0.3, -0.25) is 4.79 Å². The Morgan fingerprint density at radius 2 is 2.16 bits per heavy atom. The van der Waals surface area contributed by atoms with E-state index in [1.165, 1.54) is 0 Å². The lowest BCUT2D eigenvalue weighted by Gasteiger charge is -2.49. The number of aliphatic hydroxyl groups is 1. The van der Waals surface area contributed by atoms with Crippen LogP contribution >= 0.6 is 11.6 Å². The molecule has 1 aromatic rings. The second kappa shape index (κ2) is 4.59. The van der Waals surface area contributed by atoms with Crippen LogP contribution in [0.15, 0.2) is 22.0 Å². The molecule has 0 spiro atoms. The first-order chi connectivity index (χ1) is 8.64. The van der Waals surface area contributed by atoms with E-state index in [1.807, 2.05) is 0 Å². The highest BCUT2D eigenvalue weighted by atomic mass is 35.5. The van der Waals surface area contributed by atoms with Gasteiger partial charge in [0, 0.05) is 17.7 Å². The summed E-state index contributed by atoms with van der Waals surface area (Å²) in [6.07, 6.45) is 0.932. The van der Waals surface area contributed by atoms with Crippen molar-refractivity contribution in [2.24, 2.45) is 5.41 Å². The topological polar surface area (TPSA) is 99.3 Å². The van der Waals surface area contributed by atoms with Crippen LogP contribution in [0.25, 0.3) is 0 Å². The van der Waals surface area contributed by atoms with Crippen molar-refractivity contribution in [2.75, 3.05) is 0 Å². The maximum Gasteiger partial charge on any atom is 0.266 e. The Morgan fingerprint density at radius 1 is 1.53 bits per heavy atom. The van der Waals surface area contributed by atoms with Gasteiger partial charge in [-0.25, -0.2) is 13.1 Å². The van der Waals surface area contributed by atoms with Gasteiger partial charge in [-0.2, -0.15) is 0 Å². The molecular weight excluding hydrogens is 292 g/mol. The van der Waals surface area contributed by atoms with Crippen molar-refractivity contribution in [3.8, 4) is 0 Å². The van der Waals surface area contributed by atoms with Crippen molar-refractivity contribution in [2.45, 2.75) is 37.3 Å². The average molecular weight is 307 g/mol. The molecule has 1 aliphatic carbocycles. The van der Waals surface area contributed by atoms with Gasteiger partial charge in [-0.1, -0.05) is 25.4 Å². The number of rotatable bonds is 3. The Balaban J connectivity index is 2.24. The van der Waals surface area contributed by atoms with Crippen molar-refractivity contribution < 1.29 is 13.5 Å². The van der Waals surface area contributed by atoms with E-state index in [1.54, 1.807) is 13.8 Å². The molecule has 19 heavy (non-hydrogen) atoms. The summed E-state index contributed by atoms with van der Waals surface area (Å²) < 4.78 is 26.7. The number of aliphatic hydroxyl groups excluding tert-OH is 1. The molecule has 0 aromatic carbocycles. The van der Waals surface area contributed by atoms with E-state index in [9.17, 15) is 18.3 Å². The van der Waals surface area contributed by atoms with Crippen molar-refractivity contribution >= 4 is 21.6 Å². The van der Waals surface area contributed by atoms with E-state index in [0.29, 0.717) is 6.42 Å². The number of hydrogen-bond donors (Lipinski definition) is 3. The summed E-state index contributed by atoms with van der Waals surface area (Å²) in [5.74, 6) is 0. The van der Waals surface area contributed by atoms with Crippen LogP contribution in [0.3, 0.4) is 0 Å². The minimum atomic E-state index is -3.77. The first kappa shape index (κ1) is 14.5. The van der Waals surface area contributed by atoms with Crippen LogP contribution in [-0.4, -0.2) is 30.7 Å². The predicted molar refractivity (Wildman–Crippen MR) is 70.6 cm³/mol. The largest absolute Gasteiger partial charge is 0.392 e. The molecule has 1 heterocycles. The molecule has 0 saturated heterocycles. The summed E-state index contributed by atoms with van der Waals surface area (Å²) in [6, 6.07) is 0.753. The lowest BCUT2D eigenvalue weighted by Crippen LogP contribution is -2.61. The monoisotopic (exact) mass is 306 g/mol. The highest BCUT2D eigenvalue weighted by molar-refractivity contribution is 7.89. The molecule has 3 N–H and O–H groups in total. The minimum absolute atomic E-state index is 0.103. The standard InChI is InChI=1S/C11H15ClN2O4S/c1-11(2)8(4-9(11)15)14-19(17,18)6-3-7(12)10(16)13-5-6/h3,5,8-9,14-15H,4H2,1-2H3,(H,13,16). The van der Waals surface area contributed by atoms with Crippen LogP contribution in [0, 0.1) is 5.41 Å². The Labute approximate surface area is 115 Å². The number of halogens is 1. The second-order valence-corrected chi connectivity index (χ2v) is 7.38. The van der Waals surface area contributed by atoms with Crippen LogP contribution in [0.5, 0.6) is 0 Å². The molecule has 6 nitrogen and oxygen atoms in total. The molecule has 106 valence electrons. The number of aromatic nitrogens is 1. The summed E-state index contributed by atoms with van der Waals surface area (Å²) in [5, 5.41) is 9.41. The fourth-order valence-electron chi connectivity index (χ4n) is 1.95. The Hall–Kier alpha value is -0.890. The molecule has 1 fully saturated rings. The summed E-state index contributed by atoms with van der Waals surface area (Å²) in [6.45, 7) is 3.57. The maximum absolute atomic E-state index is 12.1. The van der Waals surface area contributed by atoms with E-state index in [-0.39, 0.29) is 16.0 Å². The third kappa shape index (κ3) is 2.55. The molecule has 1 saturated carbocycles. The van der Waals surface area contributed by atoms with Gasteiger partial charge in [0.1, 0.15) is 5.02 Å². The molecule has 1 aromatic heterocycles. The van der Waals surface area contributed by atoms with E-state index in [2.05, 4.69) is 9.71 Å². The van der Waals surface area contributed by atoms with E-state index < -0.39 is 27.1 Å². The van der Waals surface area contributed by atoms with Crippen molar-refractivity contribution in [3.63, 3.8) is 0 Å². The van der Waals surface area contributed by atoms with Crippen LogP contribution in [0.2, 0.25) is 5.02 Å². The molecule has 2 unspecified atom stereocenters. The van der Waals surface area contributed by atoms with Gasteiger partial charge in [-0.05, 0) is 12.5 Å². The smallest absolute Gasteiger partial charge is 0.266 e. The molecule has 0 bridgehead atoms. The molecule has 0 amide bonds. The van der Waals surface area contributed by atoms with Crippen LogP contribution < -0.4 is 10.3 Å². The number of aromatic amines is 1. The molecule has 2 atom stereocenters. The van der Waals surface area contributed by atoms with Crippen molar-refractivity contribution in [1.29, 1.82) is 0 Å². The van der Waals surface area contributed by atoms with E-state index in [0.717, 1.165) is 12.3 Å². The Kier molecular flexibility index (Phi) is 3.51. The van der Waals surface area contributed by atoms with E-state index >= 15 is 0 Å². The van der Waals surface area contributed by atoms with Crippen molar-refractivity contribution in [3.05, 3.63) is 27.6 Å². The second-order valence-electron chi connectivity index (χ2n) is 5.26. The van der Waals surface area contributed by atoms with Crippen LogP contribution in [0.4, 0.5) is 0 Å². The minimum Gasteiger partial charge on any atom is -0.392 e. The number of H-pyrrole nitrogens is 1. The molecule has 0 aliphatic heterocycles. The van der Waals surface area contributed by atoms with Gasteiger partial charge >= 0.3 is 0 Å². The predicted octanol–water partition coefficient (Wildman–Crippen LogP) is 0.466. The molecular formula is C11H15ClN2O4S. The third-order valence-corrected chi connectivity index (χ3v) is 5.39. The zero-order valence-electron chi connectivity index (χ0n) is 10.5. The van der Waals surface area contributed by atoms with E-state index in [4.69, 9.17) is 11.6 Å². The molecule has 8 heteroatoms. The third-order valence-electron chi connectivity index (χ3n) is 3.66. The lowest BCUT2D eigenvalue weighted by molar-refractivity contribution is -0.0645. The summed E-state index contributed by atoms with van der Waals surface area (Å²) in [5.41, 5.74) is -1.06. The number of nitrogens with one attached hydrogen (secondary N) is 2. The van der Waals surface area contributed by atoms with Gasteiger partial charge in [0.05, 0.1) is 11.0 Å². The van der Waals surface area contributed by atoms with Gasteiger partial charge in [-0.15, -0.1) is 0 Å². The molecule has 0 radical (unpaired) electrons. The van der Waals surface area contributed by atoms with Gasteiger partial charge in [0.15, 0.2) is 0 Å². The fourth-order valence-corrected chi connectivity index (χ4v) is 3.59. The van der Waals surface area contributed by atoms with Crippen LogP contribution in [-0.2, 0) is 10.0 Å². The molecule has 1 aliphatic rings. The van der Waals surface area contributed by atoms with Crippen LogP contribution in [0.1, 0.15) is 20.3 Å². The Morgan fingerprint density at radius 3 is 2.63 bits per heavy atom. The number of pyridine rings is 1.